The third kappa shape index (κ3) is 5.31. The first-order chi connectivity index (χ1) is 17.0. The highest BCUT2D eigenvalue weighted by Gasteiger charge is 2.30. The molecular weight excluding hydrogens is 504 g/mol. The predicted octanol–water partition coefficient (Wildman–Crippen LogP) is 5.41. The van der Waals surface area contributed by atoms with Crippen molar-refractivity contribution < 1.29 is 31.9 Å². The van der Waals surface area contributed by atoms with Crippen LogP contribution in [0.1, 0.15) is 16.1 Å². The van der Waals surface area contributed by atoms with Crippen molar-refractivity contribution in [2.24, 2.45) is 0 Å². The van der Waals surface area contributed by atoms with Gasteiger partial charge in [-0.25, -0.2) is 9.07 Å². The van der Waals surface area contributed by atoms with Crippen LogP contribution in [0.5, 0.6) is 0 Å². The first-order valence-corrected chi connectivity index (χ1v) is 10.6. The number of hydrogen-bond donors (Lipinski definition) is 3. The molecule has 0 aliphatic carbocycles. The fourth-order valence-electron chi connectivity index (χ4n) is 3.34. The van der Waals surface area contributed by atoms with E-state index >= 15 is 0 Å². The Labute approximate surface area is 205 Å². The summed E-state index contributed by atoms with van der Waals surface area (Å²) >= 11 is 6.01. The molecule has 4 aromatic rings. The van der Waals surface area contributed by atoms with Crippen molar-refractivity contribution in [2.45, 2.75) is 6.18 Å². The molecule has 1 heterocycles. The van der Waals surface area contributed by atoms with E-state index in [-0.39, 0.29) is 22.6 Å². The van der Waals surface area contributed by atoms with Gasteiger partial charge in [0, 0.05) is 16.1 Å². The average Bonchev–Trinajstić information content (AvgIpc) is 3.17. The van der Waals surface area contributed by atoms with Gasteiger partial charge in [-0.1, -0.05) is 29.8 Å². The van der Waals surface area contributed by atoms with Gasteiger partial charge in [-0.15, -0.1) is 0 Å². The third-order valence-corrected chi connectivity index (χ3v) is 5.22. The Bertz CT molecular complexity index is 1500. The lowest BCUT2D eigenvalue weighted by atomic mass is 10.2. The van der Waals surface area contributed by atoms with Gasteiger partial charge in [-0.3, -0.25) is 19.8 Å². The standard InChI is InChI=1S/C24H15ClF4N4O3/c25-15-8-9-19-13(10-15)11-20(21(34)31-18-7-2-1-6-17(18)26)33(19)32-23(36)22(35)30-16-5-3-4-14(12-16)24(27,28)29/h1-12H,(H,30,35)(H,31,34)(H,32,36). The molecule has 3 N–H and O–H groups in total. The zero-order valence-corrected chi connectivity index (χ0v) is 18.7. The Kier molecular flexibility index (Phi) is 6.67. The van der Waals surface area contributed by atoms with Gasteiger partial charge >= 0.3 is 18.0 Å². The number of nitrogens with one attached hydrogen (secondary N) is 3. The van der Waals surface area contributed by atoms with Gasteiger partial charge in [0.2, 0.25) is 0 Å². The fraction of sp³-hybridized carbons (Fsp3) is 0.0417. The molecular formula is C24H15ClF4N4O3. The summed E-state index contributed by atoms with van der Waals surface area (Å²) in [6.07, 6.45) is -4.64. The molecule has 0 atom stereocenters. The van der Waals surface area contributed by atoms with Crippen LogP contribution >= 0.6 is 11.6 Å². The number of alkyl halides is 3. The minimum Gasteiger partial charge on any atom is -0.318 e. The SMILES string of the molecule is O=C(Nc1cccc(C(F)(F)F)c1)C(=O)Nn1c(C(=O)Nc2ccccc2F)cc2cc(Cl)ccc21. The lowest BCUT2D eigenvalue weighted by Gasteiger charge is -2.13. The van der Waals surface area contributed by atoms with E-state index in [2.05, 4.69) is 16.1 Å². The number of benzene rings is 3. The number of hydrogen-bond acceptors (Lipinski definition) is 3. The van der Waals surface area contributed by atoms with E-state index in [1.807, 2.05) is 0 Å². The molecule has 3 amide bonds. The topological polar surface area (TPSA) is 92.2 Å². The smallest absolute Gasteiger partial charge is 0.318 e. The number of para-hydroxylation sites is 1. The number of anilines is 2. The number of carbonyl (C=O) groups excluding carboxylic acids is 3. The van der Waals surface area contributed by atoms with Crippen LogP contribution in [0.15, 0.2) is 72.8 Å². The van der Waals surface area contributed by atoms with Gasteiger partial charge in [-0.2, -0.15) is 13.2 Å². The van der Waals surface area contributed by atoms with Gasteiger partial charge in [0.05, 0.1) is 16.8 Å². The Hall–Kier alpha value is -4.38. The minimum absolute atomic E-state index is 0.119. The summed E-state index contributed by atoms with van der Waals surface area (Å²) in [4.78, 5) is 38.0. The Balaban J connectivity index is 1.61. The van der Waals surface area contributed by atoms with Crippen molar-refractivity contribution in [3.63, 3.8) is 0 Å². The number of rotatable bonds is 4. The van der Waals surface area contributed by atoms with Crippen molar-refractivity contribution in [1.29, 1.82) is 0 Å². The largest absolute Gasteiger partial charge is 0.416 e. The van der Waals surface area contributed by atoms with Crippen LogP contribution in [0.3, 0.4) is 0 Å². The molecule has 0 aliphatic rings. The van der Waals surface area contributed by atoms with E-state index in [1.165, 1.54) is 48.5 Å². The molecule has 1 aromatic heterocycles. The van der Waals surface area contributed by atoms with Crippen LogP contribution in [0.25, 0.3) is 10.9 Å². The van der Waals surface area contributed by atoms with Crippen LogP contribution in [0, 0.1) is 5.82 Å². The Morgan fingerprint density at radius 1 is 0.833 bits per heavy atom. The molecule has 0 saturated heterocycles. The second-order valence-corrected chi connectivity index (χ2v) is 7.91. The van der Waals surface area contributed by atoms with E-state index < -0.39 is 35.3 Å². The normalized spacial score (nSPS) is 11.2. The number of fused-ring (bicyclic) bond motifs is 1. The van der Waals surface area contributed by atoms with Gasteiger partial charge < -0.3 is 10.6 Å². The molecule has 3 aromatic carbocycles. The third-order valence-electron chi connectivity index (χ3n) is 4.99. The van der Waals surface area contributed by atoms with E-state index in [9.17, 15) is 31.9 Å². The molecule has 7 nitrogen and oxygen atoms in total. The highest BCUT2D eigenvalue weighted by atomic mass is 35.5. The molecule has 0 unspecified atom stereocenters. The molecule has 0 bridgehead atoms. The van der Waals surface area contributed by atoms with E-state index in [0.29, 0.717) is 16.5 Å². The molecule has 36 heavy (non-hydrogen) atoms. The van der Waals surface area contributed by atoms with Gasteiger partial charge in [0.25, 0.3) is 5.91 Å². The number of halogens is 5. The van der Waals surface area contributed by atoms with Crippen molar-refractivity contribution in [2.75, 3.05) is 16.1 Å². The lowest BCUT2D eigenvalue weighted by Crippen LogP contribution is -2.36. The van der Waals surface area contributed by atoms with Crippen LogP contribution in [-0.2, 0) is 15.8 Å². The number of amides is 3. The van der Waals surface area contributed by atoms with Crippen molar-refractivity contribution in [3.05, 3.63) is 94.9 Å². The summed E-state index contributed by atoms with van der Waals surface area (Å²) in [5.41, 5.74) is 0.960. The molecule has 4 rings (SSSR count). The zero-order chi connectivity index (χ0) is 26.0. The highest BCUT2D eigenvalue weighted by Crippen LogP contribution is 2.30. The maximum atomic E-state index is 14.0. The Morgan fingerprint density at radius 2 is 1.58 bits per heavy atom. The quantitative estimate of drug-likeness (QED) is 0.249. The summed E-state index contributed by atoms with van der Waals surface area (Å²) in [7, 11) is 0. The highest BCUT2D eigenvalue weighted by molar-refractivity contribution is 6.42. The molecule has 0 spiro atoms. The first-order valence-electron chi connectivity index (χ1n) is 10.2. The maximum Gasteiger partial charge on any atom is 0.416 e. The number of carbonyl (C=O) groups is 3. The average molecular weight is 519 g/mol. The number of nitrogens with zero attached hydrogens (tertiary/aromatic N) is 1. The molecule has 184 valence electrons. The molecule has 12 heteroatoms. The second-order valence-electron chi connectivity index (χ2n) is 7.48. The summed E-state index contributed by atoms with van der Waals surface area (Å²) < 4.78 is 53.8. The molecule has 0 fully saturated rings. The summed E-state index contributed by atoms with van der Waals surface area (Å²) in [5, 5.41) is 5.21. The molecule has 0 saturated carbocycles. The Morgan fingerprint density at radius 3 is 2.31 bits per heavy atom. The maximum absolute atomic E-state index is 14.0. The number of aromatic nitrogens is 1. The van der Waals surface area contributed by atoms with Crippen LogP contribution in [-0.4, -0.2) is 22.4 Å². The van der Waals surface area contributed by atoms with E-state index in [1.54, 1.807) is 0 Å². The zero-order valence-electron chi connectivity index (χ0n) is 18.0. The summed E-state index contributed by atoms with van der Waals surface area (Å²) in [6, 6.07) is 15.0. The monoisotopic (exact) mass is 518 g/mol. The van der Waals surface area contributed by atoms with Crippen LogP contribution in [0.2, 0.25) is 5.02 Å². The van der Waals surface area contributed by atoms with E-state index in [0.717, 1.165) is 22.9 Å². The van der Waals surface area contributed by atoms with Gasteiger partial charge in [-0.05, 0) is 54.6 Å². The fourth-order valence-corrected chi connectivity index (χ4v) is 3.52. The van der Waals surface area contributed by atoms with Crippen molar-refractivity contribution in [1.82, 2.24) is 4.68 Å². The van der Waals surface area contributed by atoms with E-state index in [4.69, 9.17) is 11.6 Å². The minimum atomic E-state index is -4.64. The van der Waals surface area contributed by atoms with Crippen molar-refractivity contribution in [3.8, 4) is 0 Å². The summed E-state index contributed by atoms with van der Waals surface area (Å²) in [6.45, 7) is 0. The summed E-state index contributed by atoms with van der Waals surface area (Å²) in [5.74, 6) is -4.07. The predicted molar refractivity (Wildman–Crippen MR) is 126 cm³/mol. The first kappa shape index (κ1) is 24.7. The van der Waals surface area contributed by atoms with Crippen molar-refractivity contribution >= 4 is 51.6 Å². The lowest BCUT2D eigenvalue weighted by molar-refractivity contribution is -0.137. The second kappa shape index (κ2) is 9.70. The molecule has 0 aliphatic heterocycles. The van der Waals surface area contributed by atoms with Gasteiger partial charge in [0.15, 0.2) is 0 Å². The molecule has 0 radical (unpaired) electrons. The van der Waals surface area contributed by atoms with Gasteiger partial charge in [0.1, 0.15) is 11.5 Å². The van der Waals surface area contributed by atoms with Crippen LogP contribution < -0.4 is 16.1 Å². The van der Waals surface area contributed by atoms with Crippen LogP contribution in [0.4, 0.5) is 28.9 Å².